The first-order valence-electron chi connectivity index (χ1n) is 5.88. The van der Waals surface area contributed by atoms with Crippen molar-refractivity contribution in [2.75, 3.05) is 7.11 Å². The van der Waals surface area contributed by atoms with Crippen LogP contribution in [0, 0.1) is 11.8 Å². The lowest BCUT2D eigenvalue weighted by molar-refractivity contribution is -0.140. The fraction of sp³-hybridized carbons (Fsp3) is 0.615. The molecular formula is C13H18O4. The minimum atomic E-state index is -0.908. The van der Waals surface area contributed by atoms with Gasteiger partial charge in [0.1, 0.15) is 11.7 Å². The highest BCUT2D eigenvalue weighted by Gasteiger charge is 2.42. The zero-order valence-electron chi connectivity index (χ0n) is 10.1. The molecule has 0 spiro atoms. The maximum atomic E-state index is 11.1. The van der Waals surface area contributed by atoms with Gasteiger partial charge in [-0.2, -0.15) is 0 Å². The molecule has 1 saturated carbocycles. The van der Waals surface area contributed by atoms with Gasteiger partial charge in [0.05, 0.1) is 12.7 Å². The summed E-state index contributed by atoms with van der Waals surface area (Å²) < 4.78 is 5.26. The molecule has 2 N–H and O–H groups in total. The van der Waals surface area contributed by atoms with Crippen LogP contribution in [0.4, 0.5) is 0 Å². The van der Waals surface area contributed by atoms with Gasteiger partial charge in [-0.25, -0.2) is 0 Å². The minimum Gasteiger partial charge on any atom is -0.500 e. The molecule has 0 aromatic carbocycles. The van der Waals surface area contributed by atoms with Crippen molar-refractivity contribution in [3.05, 3.63) is 23.5 Å². The van der Waals surface area contributed by atoms with Crippen LogP contribution in [-0.4, -0.2) is 28.9 Å². The summed E-state index contributed by atoms with van der Waals surface area (Å²) in [6.07, 6.45) is 5.84. The van der Waals surface area contributed by atoms with E-state index in [2.05, 4.69) is 0 Å². The topological polar surface area (TPSA) is 66.8 Å². The van der Waals surface area contributed by atoms with E-state index in [0.29, 0.717) is 5.76 Å². The highest BCUT2D eigenvalue weighted by molar-refractivity contribution is 5.76. The van der Waals surface area contributed by atoms with E-state index in [1.807, 2.05) is 6.08 Å². The summed E-state index contributed by atoms with van der Waals surface area (Å²) >= 11 is 0. The van der Waals surface area contributed by atoms with E-state index in [9.17, 15) is 9.90 Å². The van der Waals surface area contributed by atoms with Crippen molar-refractivity contribution in [3.63, 3.8) is 0 Å². The fourth-order valence-corrected chi connectivity index (χ4v) is 2.88. The highest BCUT2D eigenvalue weighted by Crippen LogP contribution is 2.44. The maximum absolute atomic E-state index is 11.1. The van der Waals surface area contributed by atoms with Gasteiger partial charge in [0.15, 0.2) is 0 Å². The lowest BCUT2D eigenvalue weighted by Crippen LogP contribution is -2.40. The predicted octanol–water partition coefficient (Wildman–Crippen LogP) is 1.71. The summed E-state index contributed by atoms with van der Waals surface area (Å²) in [5.41, 5.74) is 0.149. The summed E-state index contributed by atoms with van der Waals surface area (Å²) in [5.74, 6) is -1.22. The molecule has 2 unspecified atom stereocenters. The van der Waals surface area contributed by atoms with Gasteiger partial charge in [0.25, 0.3) is 0 Å². The third-order valence-electron chi connectivity index (χ3n) is 3.76. The monoisotopic (exact) mass is 238 g/mol. The molecule has 2 aliphatic carbocycles. The Hall–Kier alpha value is -1.29. The number of ether oxygens (including phenoxy) is 1. The smallest absolute Gasteiger partial charge is 0.318 e. The average Bonchev–Trinajstić information content (AvgIpc) is 2.27. The van der Waals surface area contributed by atoms with E-state index in [1.165, 1.54) is 7.11 Å². The van der Waals surface area contributed by atoms with Crippen molar-refractivity contribution in [2.45, 2.75) is 31.8 Å². The van der Waals surface area contributed by atoms with Crippen LogP contribution in [0.15, 0.2) is 23.5 Å². The molecule has 0 aromatic rings. The van der Waals surface area contributed by atoms with Crippen LogP contribution in [0.2, 0.25) is 0 Å². The Morgan fingerprint density at radius 2 is 2.24 bits per heavy atom. The fourth-order valence-electron chi connectivity index (χ4n) is 2.88. The SMILES string of the molecule is COC1=C2CCC[C@@](C)(O)C2C=CC1C(=O)O. The van der Waals surface area contributed by atoms with Crippen LogP contribution in [0.1, 0.15) is 26.2 Å². The van der Waals surface area contributed by atoms with Crippen molar-refractivity contribution in [2.24, 2.45) is 11.8 Å². The number of carbonyl (C=O) groups is 1. The minimum absolute atomic E-state index is 0.109. The van der Waals surface area contributed by atoms with E-state index < -0.39 is 17.5 Å². The van der Waals surface area contributed by atoms with Crippen LogP contribution < -0.4 is 0 Å². The van der Waals surface area contributed by atoms with E-state index in [0.717, 1.165) is 24.8 Å². The standard InChI is InChI=1S/C13H18O4/c1-13(16)7-3-4-8-10(13)6-5-9(12(14)15)11(8)17-2/h5-6,9-10,16H,3-4,7H2,1-2H3,(H,14,15)/t9?,10?,13-/m1/s1. The van der Waals surface area contributed by atoms with E-state index in [-0.39, 0.29) is 5.92 Å². The molecule has 94 valence electrons. The quantitative estimate of drug-likeness (QED) is 0.719. The largest absolute Gasteiger partial charge is 0.500 e. The molecule has 17 heavy (non-hydrogen) atoms. The molecule has 3 atom stereocenters. The molecular weight excluding hydrogens is 220 g/mol. The van der Waals surface area contributed by atoms with Crippen LogP contribution in [0.3, 0.4) is 0 Å². The molecule has 0 saturated heterocycles. The lowest BCUT2D eigenvalue weighted by Gasteiger charge is -2.40. The number of aliphatic carboxylic acids is 1. The number of hydrogen-bond donors (Lipinski definition) is 2. The zero-order chi connectivity index (χ0) is 12.6. The molecule has 2 rings (SSSR count). The molecule has 0 aromatic heterocycles. The second-order valence-electron chi connectivity index (χ2n) is 4.98. The van der Waals surface area contributed by atoms with Crippen molar-refractivity contribution in [1.82, 2.24) is 0 Å². The number of hydrogen-bond acceptors (Lipinski definition) is 3. The van der Waals surface area contributed by atoms with Gasteiger partial charge in [-0.3, -0.25) is 4.79 Å². The third-order valence-corrected chi connectivity index (χ3v) is 3.76. The van der Waals surface area contributed by atoms with Gasteiger partial charge >= 0.3 is 5.97 Å². The van der Waals surface area contributed by atoms with Gasteiger partial charge in [-0.1, -0.05) is 12.2 Å². The summed E-state index contributed by atoms with van der Waals surface area (Å²) in [6, 6.07) is 0. The molecule has 0 amide bonds. The molecule has 2 aliphatic rings. The zero-order valence-corrected chi connectivity index (χ0v) is 10.1. The molecule has 0 heterocycles. The Bertz CT molecular complexity index is 392. The number of fused-ring (bicyclic) bond motifs is 1. The number of methoxy groups -OCH3 is 1. The summed E-state index contributed by atoms with van der Waals surface area (Å²) in [5, 5.41) is 19.5. The van der Waals surface area contributed by atoms with Crippen LogP contribution in [0.5, 0.6) is 0 Å². The number of rotatable bonds is 2. The van der Waals surface area contributed by atoms with Crippen LogP contribution in [-0.2, 0) is 9.53 Å². The Labute approximate surface area is 101 Å². The Morgan fingerprint density at radius 3 is 2.82 bits per heavy atom. The summed E-state index contributed by atoms with van der Waals surface area (Å²) in [4.78, 5) is 11.1. The number of carboxylic acids is 1. The van der Waals surface area contributed by atoms with Crippen molar-refractivity contribution >= 4 is 5.97 Å². The predicted molar refractivity (Wildman–Crippen MR) is 62.3 cm³/mol. The van der Waals surface area contributed by atoms with Crippen LogP contribution >= 0.6 is 0 Å². The first-order valence-corrected chi connectivity index (χ1v) is 5.88. The van der Waals surface area contributed by atoms with Gasteiger partial charge in [0.2, 0.25) is 0 Å². The average molecular weight is 238 g/mol. The molecule has 0 bridgehead atoms. The lowest BCUT2D eigenvalue weighted by atomic mass is 9.69. The van der Waals surface area contributed by atoms with Gasteiger partial charge in [-0.15, -0.1) is 0 Å². The Kier molecular flexibility index (Phi) is 3.00. The molecule has 4 nitrogen and oxygen atoms in total. The maximum Gasteiger partial charge on any atom is 0.318 e. The molecule has 0 aliphatic heterocycles. The van der Waals surface area contributed by atoms with Gasteiger partial charge in [-0.05, 0) is 31.8 Å². The second kappa shape index (κ2) is 4.18. The van der Waals surface area contributed by atoms with Gasteiger partial charge in [0, 0.05) is 5.92 Å². The van der Waals surface area contributed by atoms with Crippen molar-refractivity contribution in [1.29, 1.82) is 0 Å². The Morgan fingerprint density at radius 1 is 1.53 bits per heavy atom. The van der Waals surface area contributed by atoms with E-state index in [4.69, 9.17) is 9.84 Å². The molecule has 0 radical (unpaired) electrons. The van der Waals surface area contributed by atoms with E-state index in [1.54, 1.807) is 13.0 Å². The molecule has 1 fully saturated rings. The normalized spacial score (nSPS) is 36.6. The van der Waals surface area contributed by atoms with Crippen molar-refractivity contribution < 1.29 is 19.7 Å². The number of aliphatic hydroxyl groups is 1. The van der Waals surface area contributed by atoms with Crippen LogP contribution in [0.25, 0.3) is 0 Å². The summed E-state index contributed by atoms with van der Waals surface area (Å²) in [6.45, 7) is 1.80. The van der Waals surface area contributed by atoms with Crippen molar-refractivity contribution in [3.8, 4) is 0 Å². The van der Waals surface area contributed by atoms with Gasteiger partial charge < -0.3 is 14.9 Å². The van der Waals surface area contributed by atoms with E-state index >= 15 is 0 Å². The Balaban J connectivity index is 2.42. The second-order valence-corrected chi connectivity index (χ2v) is 4.98. The number of carboxylic acid groups (broad SMARTS) is 1. The molecule has 4 heteroatoms. The summed E-state index contributed by atoms with van der Waals surface area (Å²) in [7, 11) is 1.50. The highest BCUT2D eigenvalue weighted by atomic mass is 16.5. The first kappa shape index (κ1) is 12.2. The first-order chi connectivity index (χ1) is 7.97. The third kappa shape index (κ3) is 1.97.